The smallest absolute Gasteiger partial charge is 0.239 e. The number of thioether (sulfide) groups is 1. The van der Waals surface area contributed by atoms with Crippen LogP contribution in [0.15, 0.2) is 29.2 Å². The summed E-state index contributed by atoms with van der Waals surface area (Å²) in [6, 6.07) is 8.70. The number of likely N-dealkylation sites (N-methyl/N-ethyl adjacent to an activating group) is 1. The van der Waals surface area contributed by atoms with Gasteiger partial charge in [0.2, 0.25) is 5.91 Å². The van der Waals surface area contributed by atoms with Crippen molar-refractivity contribution in [1.29, 1.82) is 0 Å². The highest BCUT2D eigenvalue weighted by Crippen LogP contribution is 2.20. The highest BCUT2D eigenvalue weighted by Gasteiger charge is 2.23. The van der Waals surface area contributed by atoms with Crippen molar-refractivity contribution in [1.82, 2.24) is 5.32 Å². The fourth-order valence-corrected chi connectivity index (χ4v) is 2.05. The Balaban J connectivity index is 1.88. The molecule has 0 radical (unpaired) electrons. The molecule has 1 amide bonds. The van der Waals surface area contributed by atoms with Gasteiger partial charge in [0, 0.05) is 23.7 Å². The molecule has 1 aliphatic carbocycles. The van der Waals surface area contributed by atoms with Crippen LogP contribution >= 0.6 is 11.8 Å². The van der Waals surface area contributed by atoms with Crippen molar-refractivity contribution in [2.75, 3.05) is 24.7 Å². The average molecular weight is 250 g/mol. The van der Waals surface area contributed by atoms with Crippen LogP contribution in [0, 0.1) is 0 Å². The van der Waals surface area contributed by atoms with Crippen molar-refractivity contribution in [3.8, 4) is 0 Å². The van der Waals surface area contributed by atoms with Crippen LogP contribution in [0.3, 0.4) is 0 Å². The van der Waals surface area contributed by atoms with Gasteiger partial charge in [-0.25, -0.2) is 0 Å². The molecule has 17 heavy (non-hydrogen) atoms. The van der Waals surface area contributed by atoms with Gasteiger partial charge in [-0.3, -0.25) is 4.79 Å². The maximum absolute atomic E-state index is 11.6. The van der Waals surface area contributed by atoms with Crippen LogP contribution < -0.4 is 10.2 Å². The summed E-state index contributed by atoms with van der Waals surface area (Å²) >= 11 is 1.72. The third-order valence-electron chi connectivity index (χ3n) is 2.84. The van der Waals surface area contributed by atoms with Gasteiger partial charge in [-0.2, -0.15) is 0 Å². The van der Waals surface area contributed by atoms with Crippen molar-refractivity contribution in [3.05, 3.63) is 24.3 Å². The number of carbonyl (C=O) groups excluding carboxylic acids is 1. The molecule has 0 aliphatic heterocycles. The normalized spacial score (nSPS) is 14.5. The van der Waals surface area contributed by atoms with Crippen molar-refractivity contribution in [2.24, 2.45) is 0 Å². The largest absolute Gasteiger partial charge is 0.365 e. The Labute approximate surface area is 107 Å². The van der Waals surface area contributed by atoms with E-state index in [1.807, 2.05) is 11.9 Å². The van der Waals surface area contributed by atoms with Gasteiger partial charge in [0.1, 0.15) is 0 Å². The zero-order chi connectivity index (χ0) is 12.3. The Morgan fingerprint density at radius 3 is 2.59 bits per heavy atom. The molecule has 1 saturated carbocycles. The molecule has 0 unspecified atom stereocenters. The number of benzene rings is 1. The van der Waals surface area contributed by atoms with E-state index in [0.29, 0.717) is 12.6 Å². The zero-order valence-corrected chi connectivity index (χ0v) is 11.1. The number of rotatable bonds is 5. The van der Waals surface area contributed by atoms with E-state index in [4.69, 9.17) is 0 Å². The second kappa shape index (κ2) is 5.45. The Bertz CT molecular complexity index is 387. The van der Waals surface area contributed by atoms with Crippen molar-refractivity contribution < 1.29 is 4.79 Å². The van der Waals surface area contributed by atoms with Gasteiger partial charge >= 0.3 is 0 Å². The van der Waals surface area contributed by atoms with E-state index in [2.05, 4.69) is 35.8 Å². The lowest BCUT2D eigenvalue weighted by atomic mass is 10.3. The summed E-state index contributed by atoms with van der Waals surface area (Å²) in [5.41, 5.74) is 1.08. The van der Waals surface area contributed by atoms with Crippen LogP contribution in [0.5, 0.6) is 0 Å². The fraction of sp³-hybridized carbons (Fsp3) is 0.462. The highest BCUT2D eigenvalue weighted by atomic mass is 32.2. The molecule has 1 N–H and O–H groups in total. The second-order valence-electron chi connectivity index (χ2n) is 4.40. The summed E-state index contributed by atoms with van der Waals surface area (Å²) in [4.78, 5) is 14.9. The monoisotopic (exact) mass is 250 g/mol. The summed E-state index contributed by atoms with van der Waals surface area (Å²) in [6.45, 7) is 0.426. The number of carbonyl (C=O) groups is 1. The summed E-state index contributed by atoms with van der Waals surface area (Å²) in [6.07, 6.45) is 4.33. The first kappa shape index (κ1) is 12.3. The van der Waals surface area contributed by atoms with E-state index < -0.39 is 0 Å². The average Bonchev–Trinajstić information content (AvgIpc) is 3.12. The molecular formula is C13H18N2OS. The van der Waals surface area contributed by atoms with Crippen molar-refractivity contribution >= 4 is 23.4 Å². The molecule has 92 valence electrons. The van der Waals surface area contributed by atoms with Crippen molar-refractivity contribution in [3.63, 3.8) is 0 Å². The number of nitrogens with zero attached hydrogens (tertiary/aromatic N) is 1. The fourth-order valence-electron chi connectivity index (χ4n) is 1.64. The molecule has 2 rings (SSSR count). The number of hydrogen-bond acceptors (Lipinski definition) is 3. The maximum Gasteiger partial charge on any atom is 0.239 e. The zero-order valence-electron chi connectivity index (χ0n) is 10.3. The van der Waals surface area contributed by atoms with E-state index >= 15 is 0 Å². The summed E-state index contributed by atoms with van der Waals surface area (Å²) in [5, 5.41) is 2.99. The molecule has 1 fully saturated rings. The maximum atomic E-state index is 11.6. The Hall–Kier alpha value is -1.16. The first-order valence-electron chi connectivity index (χ1n) is 5.83. The quantitative estimate of drug-likeness (QED) is 0.813. The van der Waals surface area contributed by atoms with Crippen molar-refractivity contribution in [2.45, 2.75) is 23.8 Å². The number of anilines is 1. The van der Waals surface area contributed by atoms with Gasteiger partial charge in [-0.05, 0) is 43.4 Å². The van der Waals surface area contributed by atoms with Gasteiger partial charge in [0.15, 0.2) is 0 Å². The predicted molar refractivity (Wildman–Crippen MR) is 72.7 cm³/mol. The van der Waals surface area contributed by atoms with E-state index in [9.17, 15) is 4.79 Å². The molecule has 1 aromatic rings. The molecule has 3 nitrogen and oxygen atoms in total. The third-order valence-corrected chi connectivity index (χ3v) is 3.58. The van der Waals surface area contributed by atoms with E-state index in [0.717, 1.165) is 18.5 Å². The van der Waals surface area contributed by atoms with Gasteiger partial charge in [-0.1, -0.05) is 0 Å². The van der Waals surface area contributed by atoms with Crippen LogP contribution in [0.1, 0.15) is 12.8 Å². The summed E-state index contributed by atoms with van der Waals surface area (Å²) in [5.74, 6) is 0.115. The molecule has 0 bridgehead atoms. The van der Waals surface area contributed by atoms with E-state index in [1.54, 1.807) is 11.8 Å². The minimum Gasteiger partial charge on any atom is -0.365 e. The summed E-state index contributed by atoms with van der Waals surface area (Å²) < 4.78 is 0. The van der Waals surface area contributed by atoms with E-state index in [-0.39, 0.29) is 5.91 Å². The molecule has 0 spiro atoms. The van der Waals surface area contributed by atoms with Crippen LogP contribution in [0.25, 0.3) is 0 Å². The molecule has 0 atom stereocenters. The van der Waals surface area contributed by atoms with Crippen LogP contribution in [-0.4, -0.2) is 31.8 Å². The van der Waals surface area contributed by atoms with Crippen LogP contribution in [-0.2, 0) is 4.79 Å². The van der Waals surface area contributed by atoms with Gasteiger partial charge < -0.3 is 10.2 Å². The molecule has 1 aliphatic rings. The number of hydrogen-bond donors (Lipinski definition) is 1. The minimum absolute atomic E-state index is 0.115. The van der Waals surface area contributed by atoms with Gasteiger partial charge in [-0.15, -0.1) is 11.8 Å². The molecule has 4 heteroatoms. The SMILES string of the molecule is CSc1ccc(N(C)CC(=O)NC2CC2)cc1. The lowest BCUT2D eigenvalue weighted by molar-refractivity contribution is -0.119. The van der Waals surface area contributed by atoms with E-state index in [1.165, 1.54) is 4.90 Å². The second-order valence-corrected chi connectivity index (χ2v) is 5.28. The lowest BCUT2D eigenvalue weighted by Gasteiger charge is -2.18. The molecule has 1 aromatic carbocycles. The first-order valence-corrected chi connectivity index (χ1v) is 7.06. The topological polar surface area (TPSA) is 32.3 Å². The molecular weight excluding hydrogens is 232 g/mol. The summed E-state index contributed by atoms with van der Waals surface area (Å²) in [7, 11) is 1.95. The van der Waals surface area contributed by atoms with Crippen LogP contribution in [0.4, 0.5) is 5.69 Å². The van der Waals surface area contributed by atoms with Gasteiger partial charge in [0.25, 0.3) is 0 Å². The number of amides is 1. The molecule has 0 saturated heterocycles. The van der Waals surface area contributed by atoms with Gasteiger partial charge in [0.05, 0.1) is 6.54 Å². The lowest BCUT2D eigenvalue weighted by Crippen LogP contribution is -2.36. The molecule has 0 aromatic heterocycles. The standard InChI is InChI=1S/C13H18N2OS/c1-15(9-13(16)14-10-3-4-10)11-5-7-12(17-2)8-6-11/h5-8,10H,3-4,9H2,1-2H3,(H,14,16). The minimum atomic E-state index is 0.115. The first-order chi connectivity index (χ1) is 8.19. The number of nitrogens with one attached hydrogen (secondary N) is 1. The highest BCUT2D eigenvalue weighted by molar-refractivity contribution is 7.98. The Morgan fingerprint density at radius 2 is 2.06 bits per heavy atom. The molecule has 0 heterocycles. The van der Waals surface area contributed by atoms with Crippen LogP contribution in [0.2, 0.25) is 0 Å². The third kappa shape index (κ3) is 3.66. The Morgan fingerprint density at radius 1 is 1.41 bits per heavy atom. The Kier molecular flexibility index (Phi) is 3.94. The predicted octanol–water partition coefficient (Wildman–Crippen LogP) is 2.12.